The van der Waals surface area contributed by atoms with Crippen LogP contribution >= 0.6 is 50.9 Å². The highest BCUT2D eigenvalue weighted by Gasteiger charge is 2.51. The Labute approximate surface area is 216 Å². The van der Waals surface area contributed by atoms with Crippen LogP contribution < -0.4 is 5.43 Å². The van der Waals surface area contributed by atoms with Crippen LogP contribution in [0.15, 0.2) is 51.9 Å². The number of carbonyl (C=O) groups is 1. The summed E-state index contributed by atoms with van der Waals surface area (Å²) in [5, 5.41) is 11.8. The van der Waals surface area contributed by atoms with Gasteiger partial charge >= 0.3 is 0 Å². The van der Waals surface area contributed by atoms with E-state index in [1.165, 1.54) is 6.42 Å². The molecule has 0 aromatic heterocycles. The lowest BCUT2D eigenvalue weighted by Gasteiger charge is -2.35. The molecule has 2 aromatic carbocycles. The van der Waals surface area contributed by atoms with Gasteiger partial charge in [-0.3, -0.25) is 20.6 Å². The lowest BCUT2D eigenvalue weighted by Crippen LogP contribution is -2.55. The van der Waals surface area contributed by atoms with Crippen LogP contribution in [-0.2, 0) is 4.79 Å². The fourth-order valence-corrected chi connectivity index (χ4v) is 5.86. The third kappa shape index (κ3) is 5.65. The van der Waals surface area contributed by atoms with E-state index in [9.17, 15) is 4.79 Å². The van der Waals surface area contributed by atoms with Gasteiger partial charge in [0.2, 0.25) is 0 Å². The van der Waals surface area contributed by atoms with E-state index in [1.807, 2.05) is 48.0 Å². The quantitative estimate of drug-likeness (QED) is 0.283. The molecule has 1 amide bonds. The van der Waals surface area contributed by atoms with E-state index in [0.717, 1.165) is 35.2 Å². The van der Waals surface area contributed by atoms with Crippen LogP contribution in [0.4, 0.5) is 5.69 Å². The number of hydrazine groups is 1. The Balaban J connectivity index is 1.65. The number of rotatable bonds is 7. The van der Waals surface area contributed by atoms with E-state index in [-0.39, 0.29) is 16.5 Å². The molecule has 9 heteroatoms. The number of hydrogen-bond acceptors (Lipinski definition) is 5. The second-order valence-electron chi connectivity index (χ2n) is 8.26. The van der Waals surface area contributed by atoms with Gasteiger partial charge in [-0.15, -0.1) is 11.8 Å². The number of nitrogens with zero attached hydrogens (tertiary/aromatic N) is 2. The average Bonchev–Trinajstić information content (AvgIpc) is 3.57. The zero-order valence-corrected chi connectivity index (χ0v) is 22.1. The van der Waals surface area contributed by atoms with Gasteiger partial charge < -0.3 is 0 Å². The maximum Gasteiger partial charge on any atom is 0.279 e. The molecule has 174 valence electrons. The minimum Gasteiger partial charge on any atom is -0.299 e. The van der Waals surface area contributed by atoms with Crippen molar-refractivity contribution in [2.45, 2.75) is 37.5 Å². The van der Waals surface area contributed by atoms with Gasteiger partial charge in [-0.1, -0.05) is 58.2 Å². The largest absolute Gasteiger partial charge is 0.299 e. The SMILES string of the molecule is CCC(C(=N)C(=O)NN1CCCCC12CS2)C(=Nc1ccc(Cl)cc1Cl)c1ccc(Br)cc1. The van der Waals surface area contributed by atoms with Crippen molar-refractivity contribution in [1.29, 1.82) is 5.41 Å². The van der Waals surface area contributed by atoms with Crippen molar-refractivity contribution >= 4 is 73.9 Å². The number of nitrogens with one attached hydrogen (secondary N) is 2. The molecule has 2 aromatic rings. The summed E-state index contributed by atoms with van der Waals surface area (Å²) in [5.74, 6) is 0.159. The van der Waals surface area contributed by atoms with Gasteiger partial charge in [0, 0.05) is 27.7 Å². The van der Waals surface area contributed by atoms with Gasteiger partial charge in [-0.25, -0.2) is 5.01 Å². The number of thioether (sulfide) groups is 1. The molecule has 0 aliphatic carbocycles. The Kier molecular flexibility index (Phi) is 7.86. The highest BCUT2D eigenvalue weighted by molar-refractivity contribution is 9.10. The zero-order chi connectivity index (χ0) is 23.6. The lowest BCUT2D eigenvalue weighted by atomic mass is 9.89. The minimum atomic E-state index is -0.495. The molecule has 0 bridgehead atoms. The van der Waals surface area contributed by atoms with Gasteiger partial charge in [0.15, 0.2) is 0 Å². The van der Waals surface area contributed by atoms with E-state index in [2.05, 4.69) is 21.4 Å². The Morgan fingerprint density at radius 1 is 1.27 bits per heavy atom. The predicted molar refractivity (Wildman–Crippen MR) is 142 cm³/mol. The zero-order valence-electron chi connectivity index (χ0n) is 18.2. The van der Waals surface area contributed by atoms with Crippen molar-refractivity contribution in [2.75, 3.05) is 12.3 Å². The third-order valence-electron chi connectivity index (χ3n) is 6.03. The summed E-state index contributed by atoms with van der Waals surface area (Å²) in [6.07, 6.45) is 3.85. The molecule has 2 aliphatic rings. The molecule has 2 aliphatic heterocycles. The molecule has 33 heavy (non-hydrogen) atoms. The van der Waals surface area contributed by atoms with Crippen LogP contribution in [0, 0.1) is 11.3 Å². The van der Waals surface area contributed by atoms with Crippen molar-refractivity contribution in [1.82, 2.24) is 10.4 Å². The summed E-state index contributed by atoms with van der Waals surface area (Å²) in [7, 11) is 0. The van der Waals surface area contributed by atoms with Crippen molar-refractivity contribution < 1.29 is 4.79 Å². The lowest BCUT2D eigenvalue weighted by molar-refractivity contribution is -0.121. The van der Waals surface area contributed by atoms with Gasteiger partial charge in [0.1, 0.15) is 5.71 Å². The smallest absolute Gasteiger partial charge is 0.279 e. The van der Waals surface area contributed by atoms with Crippen LogP contribution in [0.3, 0.4) is 0 Å². The average molecular weight is 568 g/mol. The van der Waals surface area contributed by atoms with Gasteiger partial charge in [0.25, 0.3) is 5.91 Å². The fourth-order valence-electron chi connectivity index (χ4n) is 4.09. The molecule has 1 spiro atoms. The molecule has 0 saturated carbocycles. The van der Waals surface area contributed by atoms with E-state index >= 15 is 0 Å². The number of amides is 1. The van der Waals surface area contributed by atoms with Crippen LogP contribution in [0.2, 0.25) is 10.0 Å². The van der Waals surface area contributed by atoms with Gasteiger partial charge in [-0.2, -0.15) is 0 Å². The van der Waals surface area contributed by atoms with Crippen LogP contribution in [0.5, 0.6) is 0 Å². The van der Waals surface area contributed by atoms with Crippen LogP contribution in [-0.4, -0.2) is 39.5 Å². The van der Waals surface area contributed by atoms with Crippen molar-refractivity contribution in [2.24, 2.45) is 10.9 Å². The maximum atomic E-state index is 13.2. The summed E-state index contributed by atoms with van der Waals surface area (Å²) < 4.78 is 0.938. The summed E-state index contributed by atoms with van der Waals surface area (Å²) in [4.78, 5) is 18.0. The first kappa shape index (κ1) is 24.7. The normalized spacial score (nSPS) is 21.6. The van der Waals surface area contributed by atoms with Crippen LogP contribution in [0.1, 0.15) is 38.2 Å². The molecule has 2 heterocycles. The van der Waals surface area contributed by atoms with Gasteiger partial charge in [0.05, 0.1) is 21.3 Å². The molecule has 2 saturated heterocycles. The Bertz CT molecular complexity index is 1090. The Morgan fingerprint density at radius 3 is 2.64 bits per heavy atom. The number of piperidine rings is 1. The Morgan fingerprint density at radius 2 is 2.00 bits per heavy atom. The molecule has 0 radical (unpaired) electrons. The van der Waals surface area contributed by atoms with Crippen molar-refractivity contribution in [3.63, 3.8) is 0 Å². The fraction of sp³-hybridized carbons (Fsp3) is 0.375. The highest BCUT2D eigenvalue weighted by Crippen LogP contribution is 2.52. The molecule has 2 N–H and O–H groups in total. The highest BCUT2D eigenvalue weighted by atomic mass is 79.9. The van der Waals surface area contributed by atoms with Crippen molar-refractivity contribution in [3.05, 3.63) is 62.5 Å². The topological polar surface area (TPSA) is 68.6 Å². The number of hydrogen-bond donors (Lipinski definition) is 2. The molecule has 2 unspecified atom stereocenters. The monoisotopic (exact) mass is 566 g/mol. The van der Waals surface area contributed by atoms with Crippen LogP contribution in [0.25, 0.3) is 0 Å². The van der Waals surface area contributed by atoms with E-state index in [0.29, 0.717) is 27.9 Å². The van der Waals surface area contributed by atoms with Gasteiger partial charge in [-0.05, 0) is 61.6 Å². The predicted octanol–water partition coefficient (Wildman–Crippen LogP) is 6.88. The number of carbonyl (C=O) groups excluding carboxylic acids is 1. The molecule has 4 rings (SSSR count). The summed E-state index contributed by atoms with van der Waals surface area (Å²) in [6.45, 7) is 2.78. The summed E-state index contributed by atoms with van der Waals surface area (Å²) >= 11 is 17.8. The number of aliphatic imine (C=N–C) groups is 1. The summed E-state index contributed by atoms with van der Waals surface area (Å²) in [6, 6.07) is 12.8. The maximum absolute atomic E-state index is 13.2. The van der Waals surface area contributed by atoms with E-state index < -0.39 is 5.92 Å². The standard InChI is InChI=1S/C24H25BrCl2N4OS/c1-2-18(21(28)23(32)30-31-12-4-3-11-24(31)14-33-24)22(15-5-7-16(25)8-6-15)29-20-10-9-17(26)13-19(20)27/h5-10,13,18,28H,2-4,11-12,14H2,1H3,(H,30,32). The second-order valence-corrected chi connectivity index (χ2v) is 11.4. The van der Waals surface area contributed by atoms with E-state index in [1.54, 1.807) is 18.2 Å². The first-order chi connectivity index (χ1) is 15.8. The minimum absolute atomic E-state index is 0.00405. The van der Waals surface area contributed by atoms with E-state index in [4.69, 9.17) is 33.6 Å². The number of benzene rings is 2. The molecular formula is C24H25BrCl2N4OS. The Hall–Kier alpha value is -1.38. The first-order valence-electron chi connectivity index (χ1n) is 10.9. The molecule has 2 fully saturated rings. The molecule has 2 atom stereocenters. The second kappa shape index (κ2) is 10.5. The molecular weight excluding hydrogens is 543 g/mol. The third-order valence-corrected chi connectivity index (χ3v) is 8.47. The first-order valence-corrected chi connectivity index (χ1v) is 13.5. The van der Waals surface area contributed by atoms with Crippen molar-refractivity contribution in [3.8, 4) is 0 Å². The summed E-state index contributed by atoms with van der Waals surface area (Å²) in [5.41, 5.74) is 5.04. The molecule has 5 nitrogen and oxygen atoms in total. The number of halogens is 3.